The number of nitrogens with one attached hydrogen (secondary N) is 2. The third kappa shape index (κ3) is 5.34. The average Bonchev–Trinajstić information content (AvgIpc) is 3.29. The summed E-state index contributed by atoms with van der Waals surface area (Å²) in [7, 11) is 0. The number of rotatable bonds is 6. The summed E-state index contributed by atoms with van der Waals surface area (Å²) in [5.74, 6) is 1.79. The van der Waals surface area contributed by atoms with Gasteiger partial charge in [0.1, 0.15) is 23.8 Å². The number of halogens is 1. The summed E-state index contributed by atoms with van der Waals surface area (Å²) < 4.78 is 1.81. The van der Waals surface area contributed by atoms with E-state index in [0.717, 1.165) is 17.1 Å². The van der Waals surface area contributed by atoms with Gasteiger partial charge in [0.15, 0.2) is 0 Å². The first kappa shape index (κ1) is 20.3. The van der Waals surface area contributed by atoms with Gasteiger partial charge in [-0.1, -0.05) is 29.8 Å². The Morgan fingerprint density at radius 1 is 1.06 bits per heavy atom. The number of aryl methyl sites for hydroxylation is 1. The molecule has 0 fully saturated rings. The lowest BCUT2D eigenvalue weighted by Crippen LogP contribution is -2.07. The number of benzene rings is 2. The van der Waals surface area contributed by atoms with Crippen LogP contribution in [-0.2, 0) is 4.79 Å². The molecule has 8 heteroatoms. The van der Waals surface area contributed by atoms with Gasteiger partial charge in [-0.05, 0) is 48.9 Å². The lowest BCUT2D eigenvalue weighted by Gasteiger charge is -2.10. The first-order valence-corrected chi connectivity index (χ1v) is 9.89. The molecule has 7 nitrogen and oxygen atoms in total. The van der Waals surface area contributed by atoms with Crippen LogP contribution in [0, 0.1) is 6.92 Å². The molecule has 154 valence electrons. The highest BCUT2D eigenvalue weighted by atomic mass is 35.5. The first-order chi connectivity index (χ1) is 15.1. The number of anilines is 3. The van der Waals surface area contributed by atoms with E-state index in [0.29, 0.717) is 22.4 Å². The molecule has 0 saturated heterocycles. The minimum atomic E-state index is -0.239. The van der Waals surface area contributed by atoms with Gasteiger partial charge in [0.25, 0.3) is 0 Å². The summed E-state index contributed by atoms with van der Waals surface area (Å²) in [6.07, 6.45) is 8.34. The predicted octanol–water partition coefficient (Wildman–Crippen LogP) is 5.02. The molecule has 0 radical (unpaired) electrons. The predicted molar refractivity (Wildman–Crippen MR) is 123 cm³/mol. The first-order valence-electron chi connectivity index (χ1n) is 9.51. The van der Waals surface area contributed by atoms with E-state index in [2.05, 4.69) is 25.6 Å². The van der Waals surface area contributed by atoms with Crippen LogP contribution < -0.4 is 10.6 Å². The molecule has 0 aliphatic rings. The summed E-state index contributed by atoms with van der Waals surface area (Å²) in [5, 5.41) is 6.68. The molecule has 0 spiro atoms. The van der Waals surface area contributed by atoms with Crippen molar-refractivity contribution in [2.45, 2.75) is 6.92 Å². The van der Waals surface area contributed by atoms with Crippen molar-refractivity contribution in [3.8, 4) is 5.82 Å². The zero-order valence-corrected chi connectivity index (χ0v) is 17.4. The topological polar surface area (TPSA) is 84.7 Å². The molecule has 31 heavy (non-hydrogen) atoms. The Bertz CT molecular complexity index is 1220. The van der Waals surface area contributed by atoms with Crippen LogP contribution in [0.25, 0.3) is 11.9 Å². The number of aromatic nitrogens is 4. The fraction of sp³-hybridized carbons (Fsp3) is 0.0435. The van der Waals surface area contributed by atoms with E-state index < -0.39 is 0 Å². The molecule has 0 saturated carbocycles. The van der Waals surface area contributed by atoms with Gasteiger partial charge in [0.2, 0.25) is 5.91 Å². The molecule has 2 aromatic heterocycles. The molecular weight excluding hydrogens is 412 g/mol. The quantitative estimate of drug-likeness (QED) is 0.419. The molecule has 0 bridgehead atoms. The van der Waals surface area contributed by atoms with Gasteiger partial charge in [-0.15, -0.1) is 0 Å². The van der Waals surface area contributed by atoms with Crippen molar-refractivity contribution in [2.75, 3.05) is 10.6 Å². The van der Waals surface area contributed by atoms with E-state index in [-0.39, 0.29) is 5.91 Å². The van der Waals surface area contributed by atoms with Crippen LogP contribution >= 0.6 is 11.6 Å². The van der Waals surface area contributed by atoms with Crippen molar-refractivity contribution >= 4 is 40.8 Å². The molecule has 2 aromatic carbocycles. The van der Waals surface area contributed by atoms with Crippen molar-refractivity contribution in [2.24, 2.45) is 0 Å². The van der Waals surface area contributed by atoms with Gasteiger partial charge >= 0.3 is 0 Å². The lowest BCUT2D eigenvalue weighted by molar-refractivity contribution is -0.111. The largest absolute Gasteiger partial charge is 0.340 e. The summed E-state index contributed by atoms with van der Waals surface area (Å²) in [6.45, 7) is 1.83. The Morgan fingerprint density at radius 3 is 2.58 bits per heavy atom. The minimum absolute atomic E-state index is 0.239. The standard InChI is InChI=1S/C23H19ClN6O/c1-16-26-21(14-22(27-16)30-13-12-25-15-30)28-18-7-9-19(10-8-18)29-23(31)11-6-17-4-2-3-5-20(17)24/h2-15H,1H3,(H,29,31)(H,26,27,28)/b11-6+. The summed E-state index contributed by atoms with van der Waals surface area (Å²) >= 11 is 6.10. The highest BCUT2D eigenvalue weighted by Crippen LogP contribution is 2.20. The Morgan fingerprint density at radius 2 is 1.84 bits per heavy atom. The maximum absolute atomic E-state index is 12.2. The van der Waals surface area contributed by atoms with Crippen molar-refractivity contribution in [1.82, 2.24) is 19.5 Å². The van der Waals surface area contributed by atoms with Crippen molar-refractivity contribution in [1.29, 1.82) is 0 Å². The smallest absolute Gasteiger partial charge is 0.248 e. The van der Waals surface area contributed by atoms with Gasteiger partial charge in [-0.2, -0.15) is 0 Å². The highest BCUT2D eigenvalue weighted by Gasteiger charge is 2.05. The maximum atomic E-state index is 12.2. The van der Waals surface area contributed by atoms with Crippen LogP contribution in [0.5, 0.6) is 0 Å². The highest BCUT2D eigenvalue weighted by molar-refractivity contribution is 6.32. The van der Waals surface area contributed by atoms with Gasteiger partial charge in [-0.25, -0.2) is 15.0 Å². The third-order valence-corrected chi connectivity index (χ3v) is 4.68. The number of hydrogen-bond acceptors (Lipinski definition) is 5. The normalized spacial score (nSPS) is 10.9. The number of nitrogens with zero attached hydrogens (tertiary/aromatic N) is 4. The minimum Gasteiger partial charge on any atom is -0.340 e. The SMILES string of the molecule is Cc1nc(Nc2ccc(NC(=O)/C=C/c3ccccc3Cl)cc2)cc(-n2ccnc2)n1. The second-order valence-corrected chi connectivity index (χ2v) is 7.08. The van der Waals surface area contributed by atoms with Crippen molar-refractivity contribution in [3.05, 3.63) is 95.8 Å². The molecule has 2 N–H and O–H groups in total. The number of imidazole rings is 1. The third-order valence-electron chi connectivity index (χ3n) is 4.34. The molecule has 0 aliphatic carbocycles. The van der Waals surface area contributed by atoms with Gasteiger partial charge < -0.3 is 10.6 Å². The zero-order chi connectivity index (χ0) is 21.6. The monoisotopic (exact) mass is 430 g/mol. The molecule has 0 aliphatic heterocycles. The number of carbonyl (C=O) groups is 1. The molecule has 2 heterocycles. The van der Waals surface area contributed by atoms with Crippen LogP contribution in [0.2, 0.25) is 5.02 Å². The Hall–Kier alpha value is -3.97. The van der Waals surface area contributed by atoms with Crippen molar-refractivity contribution in [3.63, 3.8) is 0 Å². The molecule has 0 atom stereocenters. The second kappa shape index (κ2) is 9.23. The zero-order valence-electron chi connectivity index (χ0n) is 16.7. The van der Waals surface area contributed by atoms with E-state index in [1.807, 2.05) is 66.2 Å². The summed E-state index contributed by atoms with van der Waals surface area (Å²) in [6, 6.07) is 16.5. The second-order valence-electron chi connectivity index (χ2n) is 6.67. The fourth-order valence-corrected chi connectivity index (χ4v) is 3.09. The molecule has 4 rings (SSSR count). The van der Waals surface area contributed by atoms with E-state index in [1.165, 1.54) is 6.08 Å². The number of carbonyl (C=O) groups excluding carboxylic acids is 1. The van der Waals surface area contributed by atoms with Crippen molar-refractivity contribution < 1.29 is 4.79 Å². The van der Waals surface area contributed by atoms with Crippen LogP contribution in [-0.4, -0.2) is 25.4 Å². The molecule has 4 aromatic rings. The summed E-state index contributed by atoms with van der Waals surface area (Å²) in [5.41, 5.74) is 2.30. The molecule has 0 unspecified atom stereocenters. The van der Waals surface area contributed by atoms with Gasteiger partial charge in [-0.3, -0.25) is 9.36 Å². The summed E-state index contributed by atoms with van der Waals surface area (Å²) in [4.78, 5) is 25.1. The number of amides is 1. The fourth-order valence-electron chi connectivity index (χ4n) is 2.89. The Balaban J connectivity index is 1.41. The average molecular weight is 431 g/mol. The molecule has 1 amide bonds. The van der Waals surface area contributed by atoms with Crippen LogP contribution in [0.15, 0.2) is 79.4 Å². The lowest BCUT2D eigenvalue weighted by atomic mass is 10.2. The van der Waals surface area contributed by atoms with E-state index >= 15 is 0 Å². The Labute approximate surface area is 184 Å². The van der Waals surface area contributed by atoms with Crippen LogP contribution in [0.1, 0.15) is 11.4 Å². The van der Waals surface area contributed by atoms with Crippen LogP contribution in [0.3, 0.4) is 0 Å². The number of hydrogen-bond donors (Lipinski definition) is 2. The van der Waals surface area contributed by atoms with E-state index in [9.17, 15) is 4.79 Å². The van der Waals surface area contributed by atoms with E-state index in [1.54, 1.807) is 24.7 Å². The Kier molecular flexibility index (Phi) is 6.05. The van der Waals surface area contributed by atoms with E-state index in [4.69, 9.17) is 11.6 Å². The van der Waals surface area contributed by atoms with Gasteiger partial charge in [0, 0.05) is 40.9 Å². The van der Waals surface area contributed by atoms with Crippen LogP contribution in [0.4, 0.5) is 17.2 Å². The molecular formula is C23H19ClN6O. The van der Waals surface area contributed by atoms with Gasteiger partial charge in [0.05, 0.1) is 0 Å². The maximum Gasteiger partial charge on any atom is 0.248 e.